The van der Waals surface area contributed by atoms with Gasteiger partial charge in [0, 0.05) is 5.56 Å². The molecule has 0 spiro atoms. The molecule has 1 aromatic heterocycles. The number of rotatable bonds is 0. The molecule has 0 amide bonds. The third-order valence-corrected chi connectivity index (χ3v) is 2.13. The molecule has 0 aliphatic carbocycles. The second kappa shape index (κ2) is 3.38. The quantitative estimate of drug-likeness (QED) is 0.531. The second-order valence-corrected chi connectivity index (χ2v) is 3.26. The first kappa shape index (κ1) is 11.7. The Kier molecular flexibility index (Phi) is 2.33. The van der Waals surface area contributed by atoms with Crippen LogP contribution in [0.4, 0.5) is 26.3 Å². The van der Waals surface area contributed by atoms with Crippen LogP contribution in [-0.2, 0) is 6.18 Å². The van der Waals surface area contributed by atoms with Crippen LogP contribution in [0.25, 0.3) is 11.1 Å². The molecule has 0 bridgehead atoms. The van der Waals surface area contributed by atoms with E-state index in [1.165, 1.54) is 0 Å². The van der Waals surface area contributed by atoms with E-state index in [2.05, 4.69) is 9.40 Å². The molecule has 0 N–H and O–H groups in total. The molecule has 2 rings (SSSR count). The Morgan fingerprint density at radius 3 is 2.12 bits per heavy atom. The topological polar surface area (TPSA) is 26.0 Å². The predicted molar refractivity (Wildman–Crippen MR) is 43.6 cm³/mol. The first-order chi connectivity index (χ1) is 7.73. The largest absolute Gasteiger partial charge is 0.468 e. The Labute approximate surface area is 89.9 Å². The summed E-state index contributed by atoms with van der Waals surface area (Å²) >= 11 is 0. The molecule has 1 aromatic carbocycles. The summed E-state index contributed by atoms with van der Waals surface area (Å²) in [5.74, 6) is -6.49. The van der Waals surface area contributed by atoms with Crippen LogP contribution in [0.3, 0.4) is 0 Å². The maximum atomic E-state index is 13.3. The van der Waals surface area contributed by atoms with Crippen molar-refractivity contribution in [2.75, 3.05) is 0 Å². The highest BCUT2D eigenvalue weighted by Gasteiger charge is 2.39. The number of hydrogen-bond acceptors (Lipinski definition) is 2. The molecule has 0 fully saturated rings. The first-order valence-corrected chi connectivity index (χ1v) is 4.24. The lowest BCUT2D eigenvalue weighted by molar-refractivity contribution is -0.156. The van der Waals surface area contributed by atoms with Gasteiger partial charge in [-0.05, 0) is 6.92 Å². The van der Waals surface area contributed by atoms with Crippen molar-refractivity contribution in [3.8, 4) is 0 Å². The highest BCUT2D eigenvalue weighted by Crippen LogP contribution is 2.34. The van der Waals surface area contributed by atoms with Crippen LogP contribution in [0, 0.1) is 24.4 Å². The van der Waals surface area contributed by atoms with Crippen LogP contribution in [-0.4, -0.2) is 4.98 Å². The summed E-state index contributed by atoms with van der Waals surface area (Å²) in [4.78, 5) is 2.77. The fraction of sp³-hybridized carbons (Fsp3) is 0.222. The summed E-state index contributed by atoms with van der Waals surface area (Å²) in [5, 5.41) is 0. The zero-order valence-electron chi connectivity index (χ0n) is 8.12. The van der Waals surface area contributed by atoms with Crippen molar-refractivity contribution in [1.29, 1.82) is 0 Å². The van der Waals surface area contributed by atoms with Gasteiger partial charge in [-0.1, -0.05) is 0 Å². The van der Waals surface area contributed by atoms with E-state index >= 15 is 0 Å². The molecule has 0 unspecified atom stereocenters. The van der Waals surface area contributed by atoms with Gasteiger partial charge in [-0.25, -0.2) is 13.8 Å². The zero-order chi connectivity index (χ0) is 13.0. The fourth-order valence-electron chi connectivity index (χ4n) is 1.28. The predicted octanol–water partition coefficient (Wildman–Crippen LogP) is 3.57. The average Bonchev–Trinajstić information content (AvgIpc) is 2.67. The molecule has 0 saturated heterocycles. The van der Waals surface area contributed by atoms with Crippen molar-refractivity contribution in [2.45, 2.75) is 13.1 Å². The normalized spacial score (nSPS) is 12.4. The highest BCUT2D eigenvalue weighted by molar-refractivity contribution is 5.75. The molecule has 0 radical (unpaired) electrons. The molecule has 2 aromatic rings. The van der Waals surface area contributed by atoms with Gasteiger partial charge in [-0.2, -0.15) is 17.6 Å². The van der Waals surface area contributed by atoms with Crippen LogP contribution in [0.2, 0.25) is 0 Å². The summed E-state index contributed by atoms with van der Waals surface area (Å²) < 4.78 is 80.2. The molecule has 0 aliphatic heterocycles. The summed E-state index contributed by atoms with van der Waals surface area (Å²) in [5.41, 5.74) is -2.91. The summed E-state index contributed by atoms with van der Waals surface area (Å²) in [6, 6.07) is 0. The van der Waals surface area contributed by atoms with Gasteiger partial charge in [0.05, 0.1) is 0 Å². The number of alkyl halides is 3. The maximum absolute atomic E-state index is 13.3. The van der Waals surface area contributed by atoms with Crippen molar-refractivity contribution >= 4 is 11.1 Å². The molecule has 92 valence electrons. The molecule has 2 nitrogen and oxygen atoms in total. The third kappa shape index (κ3) is 1.63. The summed E-state index contributed by atoms with van der Waals surface area (Å²) in [7, 11) is 0. The van der Waals surface area contributed by atoms with Crippen molar-refractivity contribution in [1.82, 2.24) is 4.98 Å². The minimum absolute atomic E-state index is 0.753. The number of aromatic nitrogens is 1. The lowest BCUT2D eigenvalue weighted by Crippen LogP contribution is -2.04. The third-order valence-electron chi connectivity index (χ3n) is 2.13. The number of oxazole rings is 1. The van der Waals surface area contributed by atoms with Crippen LogP contribution in [0.5, 0.6) is 0 Å². The van der Waals surface area contributed by atoms with Gasteiger partial charge in [-0.3, -0.25) is 0 Å². The molecule has 8 heteroatoms. The highest BCUT2D eigenvalue weighted by atomic mass is 19.4. The standard InChI is InChI=1S/C9H3F6NO/c1-2-3(10)5(12)7-6(4(2)11)16-8(17-7)9(13,14)15/h1H3. The van der Waals surface area contributed by atoms with E-state index in [0.29, 0.717) is 0 Å². The van der Waals surface area contributed by atoms with Crippen molar-refractivity contribution in [3.05, 3.63) is 28.9 Å². The van der Waals surface area contributed by atoms with Crippen LogP contribution in [0.1, 0.15) is 11.5 Å². The Morgan fingerprint density at radius 1 is 1.00 bits per heavy atom. The van der Waals surface area contributed by atoms with Crippen molar-refractivity contribution in [2.24, 2.45) is 0 Å². The van der Waals surface area contributed by atoms with Crippen LogP contribution < -0.4 is 0 Å². The summed E-state index contributed by atoms with van der Waals surface area (Å²) in [6.45, 7) is 0.884. The molecular formula is C9H3F6NO. The molecule has 1 heterocycles. The van der Waals surface area contributed by atoms with Gasteiger partial charge in [-0.15, -0.1) is 0 Å². The van der Waals surface area contributed by atoms with E-state index in [-0.39, 0.29) is 0 Å². The number of benzene rings is 1. The van der Waals surface area contributed by atoms with Crippen LogP contribution >= 0.6 is 0 Å². The maximum Gasteiger partial charge on any atom is 0.468 e. The Morgan fingerprint density at radius 2 is 1.59 bits per heavy atom. The van der Waals surface area contributed by atoms with Gasteiger partial charge in [0.15, 0.2) is 17.2 Å². The van der Waals surface area contributed by atoms with E-state index < -0.39 is 46.2 Å². The molecule has 0 saturated carbocycles. The second-order valence-electron chi connectivity index (χ2n) is 3.26. The monoisotopic (exact) mass is 255 g/mol. The lowest BCUT2D eigenvalue weighted by atomic mass is 10.2. The van der Waals surface area contributed by atoms with E-state index in [0.717, 1.165) is 6.92 Å². The zero-order valence-corrected chi connectivity index (χ0v) is 8.12. The number of fused-ring (bicyclic) bond motifs is 1. The number of halogens is 6. The van der Waals surface area contributed by atoms with E-state index in [4.69, 9.17) is 0 Å². The minimum Gasteiger partial charge on any atom is -0.429 e. The van der Waals surface area contributed by atoms with Gasteiger partial charge in [0.2, 0.25) is 5.82 Å². The molecule has 0 aliphatic rings. The Bertz CT molecular complexity index is 555. The fourth-order valence-corrected chi connectivity index (χ4v) is 1.28. The SMILES string of the molecule is Cc1c(F)c(F)c2oc(C(F)(F)F)nc2c1F. The smallest absolute Gasteiger partial charge is 0.429 e. The van der Waals surface area contributed by atoms with Crippen LogP contribution in [0.15, 0.2) is 4.42 Å². The number of hydrogen-bond donors (Lipinski definition) is 0. The minimum atomic E-state index is -5.00. The first-order valence-electron chi connectivity index (χ1n) is 4.24. The molecule has 0 atom stereocenters. The molecular weight excluding hydrogens is 252 g/mol. The van der Waals surface area contributed by atoms with Gasteiger partial charge in [0.1, 0.15) is 5.52 Å². The van der Waals surface area contributed by atoms with Gasteiger partial charge < -0.3 is 4.42 Å². The summed E-state index contributed by atoms with van der Waals surface area (Å²) in [6.07, 6.45) is -5.00. The molecule has 17 heavy (non-hydrogen) atoms. The number of nitrogens with zero attached hydrogens (tertiary/aromatic N) is 1. The average molecular weight is 255 g/mol. The van der Waals surface area contributed by atoms with Gasteiger partial charge in [0.25, 0.3) is 0 Å². The van der Waals surface area contributed by atoms with E-state index in [1.54, 1.807) is 0 Å². The van der Waals surface area contributed by atoms with Gasteiger partial charge >= 0.3 is 12.1 Å². The Balaban J connectivity index is 2.86. The van der Waals surface area contributed by atoms with E-state index in [1.807, 2.05) is 0 Å². The van der Waals surface area contributed by atoms with Crippen molar-refractivity contribution in [3.63, 3.8) is 0 Å². The lowest BCUT2D eigenvalue weighted by Gasteiger charge is -1.99. The van der Waals surface area contributed by atoms with Crippen molar-refractivity contribution < 1.29 is 30.8 Å². The Hall–Kier alpha value is -1.73. The van der Waals surface area contributed by atoms with E-state index in [9.17, 15) is 26.3 Å².